The number of ketones is 1. The first-order valence-electron chi connectivity index (χ1n) is 25.5. The van der Waals surface area contributed by atoms with Crippen molar-refractivity contribution in [2.75, 3.05) is 68.0 Å². The van der Waals surface area contributed by atoms with E-state index in [-0.39, 0.29) is 64.5 Å². The molecule has 21 nitrogen and oxygen atoms in total. The minimum Gasteiger partial charge on any atom is -0.507 e. The van der Waals surface area contributed by atoms with Crippen molar-refractivity contribution in [1.29, 1.82) is 0 Å². The lowest BCUT2D eigenvalue weighted by Crippen LogP contribution is -2.47. The molecular weight excluding hydrogens is 1000 g/mol. The molecule has 77 heavy (non-hydrogen) atoms. The van der Waals surface area contributed by atoms with Crippen LogP contribution in [0.5, 0.6) is 23.0 Å². The Kier molecular flexibility index (Phi) is 17.6. The maximum Gasteiger partial charge on any atom is 0.414 e. The van der Waals surface area contributed by atoms with Gasteiger partial charge in [0.25, 0.3) is 11.7 Å². The maximum atomic E-state index is 15.7. The molecule has 3 aromatic carbocycles. The van der Waals surface area contributed by atoms with Crippen LogP contribution in [0.4, 0.5) is 31.9 Å². The number of ether oxygens (including phenoxy) is 5. The molecule has 3 aromatic rings. The van der Waals surface area contributed by atoms with Crippen LogP contribution in [-0.4, -0.2) is 156 Å². The zero-order valence-corrected chi connectivity index (χ0v) is 44.8. The summed E-state index contributed by atoms with van der Waals surface area (Å²) in [5.74, 6) is -9.96. The first kappa shape index (κ1) is 57.4. The number of rotatable bonds is 9. The lowest BCUT2D eigenvalue weighted by Gasteiger charge is -2.38. The number of hydrogen-bond acceptors (Lipinski definition) is 18. The van der Waals surface area contributed by atoms with E-state index in [1.54, 1.807) is 52.0 Å². The first-order valence-corrected chi connectivity index (χ1v) is 25.5. The topological polar surface area (TPSA) is 279 Å². The highest BCUT2D eigenvalue weighted by Crippen LogP contribution is 2.57. The summed E-state index contributed by atoms with van der Waals surface area (Å²) in [5, 5.41) is 63.7. The van der Waals surface area contributed by atoms with Gasteiger partial charge in [-0.15, -0.1) is 0 Å². The van der Waals surface area contributed by atoms with Gasteiger partial charge in [0.05, 0.1) is 60.0 Å². The van der Waals surface area contributed by atoms with Gasteiger partial charge in [-0.25, -0.2) is 9.18 Å². The highest BCUT2D eigenvalue weighted by molar-refractivity contribution is 6.23. The number of fused-ring (bicyclic) bond motifs is 14. The number of allylic oxidation sites excluding steroid dienone is 2. The number of methoxy groups -OCH3 is 1. The number of phenolic OH excluding ortho intramolecular Hbond substituents is 3. The lowest BCUT2D eigenvalue weighted by atomic mass is 9.78. The molecule has 3 amide bonds. The van der Waals surface area contributed by atoms with Crippen LogP contribution >= 0.6 is 0 Å². The minimum atomic E-state index is -2.12. The summed E-state index contributed by atoms with van der Waals surface area (Å²) < 4.78 is 44.7. The average molecular weight is 1070 g/mol. The molecule has 7 N–H and O–H groups in total. The van der Waals surface area contributed by atoms with Crippen molar-refractivity contribution in [3.8, 4) is 23.0 Å². The molecule has 416 valence electrons. The number of Topliss-reactive ketones (excluding diaryl/α,β-unsaturated/α-hetero) is 1. The number of hydrogen-bond donors (Lipinski definition) is 7. The quantitative estimate of drug-likeness (QED) is 0.0570. The Morgan fingerprint density at radius 1 is 0.948 bits per heavy atom. The Labute approximate surface area is 445 Å². The van der Waals surface area contributed by atoms with Crippen molar-refractivity contribution in [2.45, 2.75) is 98.6 Å². The number of carbonyl (C=O) groups is 5. The van der Waals surface area contributed by atoms with Gasteiger partial charge in [-0.05, 0) is 38.1 Å². The molecule has 0 saturated carbocycles. The van der Waals surface area contributed by atoms with Crippen molar-refractivity contribution in [2.24, 2.45) is 28.7 Å². The van der Waals surface area contributed by atoms with Gasteiger partial charge in [-0.1, -0.05) is 45.9 Å². The molecule has 10 atom stereocenters. The molecule has 5 heterocycles. The van der Waals surface area contributed by atoms with Gasteiger partial charge >= 0.3 is 17.8 Å². The van der Waals surface area contributed by atoms with Crippen LogP contribution in [0.2, 0.25) is 0 Å². The van der Waals surface area contributed by atoms with E-state index >= 15 is 4.39 Å². The normalized spacial score (nSPS) is 27.7. The number of anilines is 3. The predicted octanol–water partition coefficient (Wildman–Crippen LogP) is 5.88. The van der Waals surface area contributed by atoms with E-state index < -0.39 is 112 Å². The minimum absolute atomic E-state index is 0.00237. The Morgan fingerprint density at radius 3 is 2.30 bits per heavy atom. The number of aliphatic imine (C=N–C) groups is 1. The van der Waals surface area contributed by atoms with Crippen LogP contribution in [-0.2, 0) is 33.3 Å². The van der Waals surface area contributed by atoms with Crippen molar-refractivity contribution in [3.05, 3.63) is 71.3 Å². The van der Waals surface area contributed by atoms with Gasteiger partial charge in [0.15, 0.2) is 11.5 Å². The number of aromatic hydroxyl groups is 3. The fraction of sp³-hybridized carbons (Fsp3) is 0.491. The number of benzene rings is 3. The molecule has 2 fully saturated rings. The fourth-order valence-corrected chi connectivity index (χ4v) is 10.3. The largest absolute Gasteiger partial charge is 0.507 e. The van der Waals surface area contributed by atoms with E-state index in [1.807, 2.05) is 9.80 Å². The number of halogens is 1. The van der Waals surface area contributed by atoms with E-state index in [2.05, 4.69) is 15.6 Å². The van der Waals surface area contributed by atoms with Crippen LogP contribution in [0.1, 0.15) is 71.3 Å². The van der Waals surface area contributed by atoms with Crippen LogP contribution in [0.3, 0.4) is 0 Å². The molecular formula is C55H69FN6O15. The van der Waals surface area contributed by atoms with Gasteiger partial charge in [-0.2, -0.15) is 0 Å². The van der Waals surface area contributed by atoms with E-state index in [4.69, 9.17) is 23.7 Å². The second-order valence-corrected chi connectivity index (χ2v) is 20.3. The highest BCUT2D eigenvalue weighted by atomic mass is 19.1. The zero-order valence-electron chi connectivity index (χ0n) is 44.8. The Morgan fingerprint density at radius 2 is 1.65 bits per heavy atom. The Bertz CT molecular complexity index is 2920. The number of nitrogens with zero attached hydrogens (tertiary/aromatic N) is 4. The number of esters is 1. The molecule has 22 heteroatoms. The molecule has 5 aliphatic heterocycles. The van der Waals surface area contributed by atoms with Crippen LogP contribution in [0.25, 0.3) is 10.8 Å². The monoisotopic (exact) mass is 1070 g/mol. The van der Waals surface area contributed by atoms with Gasteiger partial charge in [0.2, 0.25) is 5.91 Å². The molecule has 0 aromatic heterocycles. The van der Waals surface area contributed by atoms with Gasteiger partial charge in [0, 0.05) is 107 Å². The summed E-state index contributed by atoms with van der Waals surface area (Å²) in [4.78, 5) is 74.7. The third kappa shape index (κ3) is 11.8. The predicted molar refractivity (Wildman–Crippen MR) is 283 cm³/mol. The summed E-state index contributed by atoms with van der Waals surface area (Å²) in [6.45, 7) is 15.7. The number of aliphatic hydroxyl groups is 2. The molecule has 5 bridgehead atoms. The van der Waals surface area contributed by atoms with Crippen LogP contribution in [0, 0.1) is 36.4 Å². The van der Waals surface area contributed by atoms with Gasteiger partial charge in [-0.3, -0.25) is 34.0 Å². The number of phenols is 3. The summed E-state index contributed by atoms with van der Waals surface area (Å²) in [6, 6.07) is 4.48. The molecule has 8 rings (SSSR count). The second kappa shape index (κ2) is 23.5. The van der Waals surface area contributed by atoms with Gasteiger partial charge in [0.1, 0.15) is 40.9 Å². The van der Waals surface area contributed by atoms with Crippen LogP contribution < -0.4 is 25.2 Å². The standard InChI is InChI=1S/C55H69FN6O15/c1-27-12-11-13-28(2)53(71)59-44-43(57-17-18-60-19-21-61(22-20-60)38-15-14-35(24-37(38)56)62-26-36(76-54(62)72)25-58-33(7)63)48(68)40-41(49(44)69)47(67)32(6)51-42(40)52(70)55(9,77-51)74-23-16-39(73-10)29(3)50(75-34(8)64)31(5)46(66)30(4)45(27)65/h11-17,23-24,27,29-31,36,39,45-46,50,65-69H,18-22,25-26H2,1-10H3,(H,58,63)(H,59,71)/t27-,29+,30+,31+,36-,39-,45-,46+,50+,55-/m0/s1. The number of aliphatic hydroxyl groups excluding tert-OH is 2. The summed E-state index contributed by atoms with van der Waals surface area (Å²) in [7, 11) is 1.41. The molecule has 0 radical (unpaired) electrons. The molecule has 0 spiro atoms. The number of amides is 3. The van der Waals surface area contributed by atoms with E-state index in [0.717, 1.165) is 0 Å². The van der Waals surface area contributed by atoms with E-state index in [9.17, 15) is 49.5 Å². The molecule has 5 aliphatic rings. The first-order chi connectivity index (χ1) is 36.4. The summed E-state index contributed by atoms with van der Waals surface area (Å²) in [6.07, 6.45) is 3.42. The lowest BCUT2D eigenvalue weighted by molar-refractivity contribution is -0.160. The average Bonchev–Trinajstić information content (AvgIpc) is 4.05. The Balaban J connectivity index is 1.20. The van der Waals surface area contributed by atoms with E-state index in [1.165, 1.54) is 77.3 Å². The SMILES string of the molecule is CO[C@H]1C=CO[C@@]2(C)Oc3c(C)c(O)c4c(O)c(c(N=CCN5CCN(c6ccc(N7C[C@H](CNC(C)=O)OC7=O)cc6F)CC5)c(O)c4c3C2=O)NC(=O)C(C)=CC=C[C@H](C)[C@H](O)[C@@H](C)[C@@H](O)[C@@H](C)[C@H](OC(C)=O)[C@@H]1C. The van der Waals surface area contributed by atoms with E-state index in [0.29, 0.717) is 37.6 Å². The van der Waals surface area contributed by atoms with Crippen LogP contribution in [0.15, 0.2) is 59.3 Å². The van der Waals surface area contributed by atoms with Crippen molar-refractivity contribution >= 4 is 69.4 Å². The third-order valence-electron chi connectivity index (χ3n) is 14.9. The molecule has 0 unspecified atom stereocenters. The Hall–Kier alpha value is -7.27. The summed E-state index contributed by atoms with van der Waals surface area (Å²) >= 11 is 0. The summed E-state index contributed by atoms with van der Waals surface area (Å²) in [5.41, 5.74) is -0.288. The molecule has 0 aliphatic carbocycles. The zero-order chi connectivity index (χ0) is 56.4. The highest BCUT2D eigenvalue weighted by Gasteiger charge is 2.50. The van der Waals surface area contributed by atoms with Crippen molar-refractivity contribution in [1.82, 2.24) is 10.2 Å². The number of carbonyl (C=O) groups excluding carboxylic acids is 5. The maximum absolute atomic E-state index is 15.7. The number of piperazine rings is 1. The smallest absolute Gasteiger partial charge is 0.414 e. The number of cyclic esters (lactones) is 1. The van der Waals surface area contributed by atoms with Crippen molar-refractivity contribution < 1.29 is 77.6 Å². The number of nitrogens with one attached hydrogen (secondary N) is 2. The third-order valence-corrected chi connectivity index (χ3v) is 14.9. The second-order valence-electron chi connectivity index (χ2n) is 20.3. The fourth-order valence-electron chi connectivity index (χ4n) is 10.3. The van der Waals surface area contributed by atoms with Gasteiger partial charge < -0.3 is 64.8 Å². The molecule has 2 saturated heterocycles. The van der Waals surface area contributed by atoms with Crippen molar-refractivity contribution in [3.63, 3.8) is 0 Å².